The monoisotopic (exact) mass is 275 g/mol. The molecule has 4 heteroatoms. The second kappa shape index (κ2) is 5.75. The molecule has 0 bridgehead atoms. The highest BCUT2D eigenvalue weighted by Crippen LogP contribution is 2.28. The summed E-state index contributed by atoms with van der Waals surface area (Å²) in [5, 5.41) is 4.51. The molecular formula is C16H22FN3. The first-order valence-corrected chi connectivity index (χ1v) is 7.04. The van der Waals surface area contributed by atoms with E-state index >= 15 is 0 Å². The maximum absolute atomic E-state index is 14.0. The summed E-state index contributed by atoms with van der Waals surface area (Å²) in [6.45, 7) is 6.12. The van der Waals surface area contributed by atoms with Crippen molar-refractivity contribution in [2.24, 2.45) is 5.73 Å². The average molecular weight is 275 g/mol. The normalized spacial score (nSPS) is 14.5. The van der Waals surface area contributed by atoms with Gasteiger partial charge >= 0.3 is 0 Å². The zero-order valence-corrected chi connectivity index (χ0v) is 12.3. The SMILES string of the molecule is CCC(N)(Cc1ccn(C(C)C)n1)c1ccccc1F. The van der Waals surface area contributed by atoms with Crippen molar-refractivity contribution in [3.8, 4) is 0 Å². The van der Waals surface area contributed by atoms with Gasteiger partial charge in [0.25, 0.3) is 0 Å². The molecule has 1 aromatic carbocycles. The van der Waals surface area contributed by atoms with Gasteiger partial charge in [-0.15, -0.1) is 0 Å². The van der Waals surface area contributed by atoms with Gasteiger partial charge in [0.15, 0.2) is 0 Å². The Bertz CT molecular complexity index is 577. The van der Waals surface area contributed by atoms with Crippen LogP contribution in [-0.2, 0) is 12.0 Å². The van der Waals surface area contributed by atoms with Crippen LogP contribution in [0.2, 0.25) is 0 Å². The predicted octanol–water partition coefficient (Wildman–Crippen LogP) is 3.41. The Labute approximate surface area is 119 Å². The zero-order chi connectivity index (χ0) is 14.8. The van der Waals surface area contributed by atoms with E-state index in [0.29, 0.717) is 24.4 Å². The molecule has 0 saturated carbocycles. The largest absolute Gasteiger partial charge is 0.321 e. The van der Waals surface area contributed by atoms with Crippen molar-refractivity contribution in [3.05, 3.63) is 53.6 Å². The highest BCUT2D eigenvalue weighted by Gasteiger charge is 2.29. The van der Waals surface area contributed by atoms with Gasteiger partial charge in [0.05, 0.1) is 5.69 Å². The molecule has 0 amide bonds. The molecule has 1 heterocycles. The van der Waals surface area contributed by atoms with Gasteiger partial charge in [-0.3, -0.25) is 4.68 Å². The van der Waals surface area contributed by atoms with E-state index in [-0.39, 0.29) is 5.82 Å². The van der Waals surface area contributed by atoms with E-state index in [2.05, 4.69) is 18.9 Å². The van der Waals surface area contributed by atoms with Crippen LogP contribution in [0.1, 0.15) is 44.5 Å². The van der Waals surface area contributed by atoms with Gasteiger partial charge in [-0.05, 0) is 32.4 Å². The van der Waals surface area contributed by atoms with E-state index in [1.165, 1.54) is 6.07 Å². The van der Waals surface area contributed by atoms with Crippen LogP contribution >= 0.6 is 0 Å². The molecule has 0 spiro atoms. The number of hydrogen-bond donors (Lipinski definition) is 1. The Balaban J connectivity index is 2.29. The summed E-state index contributed by atoms with van der Waals surface area (Å²) >= 11 is 0. The lowest BCUT2D eigenvalue weighted by atomic mass is 9.84. The molecule has 0 aliphatic rings. The molecule has 2 N–H and O–H groups in total. The highest BCUT2D eigenvalue weighted by molar-refractivity contribution is 5.27. The van der Waals surface area contributed by atoms with Crippen LogP contribution in [0.4, 0.5) is 4.39 Å². The molecule has 1 aromatic heterocycles. The van der Waals surface area contributed by atoms with Crippen molar-refractivity contribution in [3.63, 3.8) is 0 Å². The second-order valence-electron chi connectivity index (χ2n) is 5.55. The molecule has 0 aliphatic heterocycles. The zero-order valence-electron chi connectivity index (χ0n) is 12.3. The van der Waals surface area contributed by atoms with Crippen LogP contribution in [0.3, 0.4) is 0 Å². The lowest BCUT2D eigenvalue weighted by Gasteiger charge is -2.28. The quantitative estimate of drug-likeness (QED) is 0.908. The van der Waals surface area contributed by atoms with Crippen LogP contribution < -0.4 is 5.73 Å². The first kappa shape index (κ1) is 14.7. The summed E-state index contributed by atoms with van der Waals surface area (Å²) in [5.41, 5.74) is 7.18. The van der Waals surface area contributed by atoms with Crippen molar-refractivity contribution in [1.29, 1.82) is 0 Å². The molecule has 0 radical (unpaired) electrons. The van der Waals surface area contributed by atoms with Gasteiger partial charge in [-0.2, -0.15) is 5.10 Å². The summed E-state index contributed by atoms with van der Waals surface area (Å²) in [5.74, 6) is -0.250. The summed E-state index contributed by atoms with van der Waals surface area (Å²) in [6, 6.07) is 8.99. The van der Waals surface area contributed by atoms with E-state index < -0.39 is 5.54 Å². The predicted molar refractivity (Wildman–Crippen MR) is 78.9 cm³/mol. The standard InChI is InChI=1S/C16H22FN3/c1-4-16(18,14-7-5-6-8-15(14)17)11-13-9-10-20(19-13)12(2)3/h5-10,12H,4,11,18H2,1-3H3. The minimum Gasteiger partial charge on any atom is -0.321 e. The van der Waals surface area contributed by atoms with Crippen LogP contribution in [0.15, 0.2) is 36.5 Å². The fourth-order valence-corrected chi connectivity index (χ4v) is 2.36. The third kappa shape index (κ3) is 2.90. The third-order valence-corrected chi connectivity index (χ3v) is 3.73. The van der Waals surface area contributed by atoms with Gasteiger partial charge in [0.1, 0.15) is 5.82 Å². The molecule has 0 aliphatic carbocycles. The van der Waals surface area contributed by atoms with Gasteiger partial charge in [0.2, 0.25) is 0 Å². The first-order valence-electron chi connectivity index (χ1n) is 7.04. The minimum atomic E-state index is -0.721. The van der Waals surface area contributed by atoms with E-state index in [0.717, 1.165) is 5.69 Å². The van der Waals surface area contributed by atoms with Gasteiger partial charge in [-0.1, -0.05) is 25.1 Å². The van der Waals surface area contributed by atoms with Gasteiger partial charge in [0, 0.05) is 29.8 Å². The summed E-state index contributed by atoms with van der Waals surface area (Å²) in [4.78, 5) is 0. The van der Waals surface area contributed by atoms with Crippen molar-refractivity contribution in [1.82, 2.24) is 9.78 Å². The number of benzene rings is 1. The molecule has 2 aromatic rings. The molecule has 0 fully saturated rings. The molecule has 0 saturated heterocycles. The lowest BCUT2D eigenvalue weighted by Crippen LogP contribution is -2.39. The number of nitrogens with two attached hydrogens (primary N) is 1. The smallest absolute Gasteiger partial charge is 0.128 e. The Morgan fingerprint density at radius 2 is 2.00 bits per heavy atom. The number of halogens is 1. The maximum Gasteiger partial charge on any atom is 0.128 e. The van der Waals surface area contributed by atoms with Gasteiger partial charge in [-0.25, -0.2) is 4.39 Å². The Kier molecular flexibility index (Phi) is 4.23. The molecule has 108 valence electrons. The number of rotatable bonds is 5. The highest BCUT2D eigenvalue weighted by atomic mass is 19.1. The molecule has 3 nitrogen and oxygen atoms in total. The number of aromatic nitrogens is 2. The first-order chi connectivity index (χ1) is 9.46. The average Bonchev–Trinajstić information content (AvgIpc) is 2.87. The molecule has 1 unspecified atom stereocenters. The van der Waals surface area contributed by atoms with Crippen molar-refractivity contribution < 1.29 is 4.39 Å². The topological polar surface area (TPSA) is 43.8 Å². The van der Waals surface area contributed by atoms with E-state index in [9.17, 15) is 4.39 Å². The van der Waals surface area contributed by atoms with Crippen LogP contribution in [0.5, 0.6) is 0 Å². The number of hydrogen-bond acceptors (Lipinski definition) is 2. The Morgan fingerprint density at radius 3 is 2.55 bits per heavy atom. The Hall–Kier alpha value is -1.68. The van der Waals surface area contributed by atoms with E-state index in [4.69, 9.17) is 5.73 Å². The molecule has 20 heavy (non-hydrogen) atoms. The van der Waals surface area contributed by atoms with Crippen LogP contribution in [-0.4, -0.2) is 9.78 Å². The number of nitrogens with zero attached hydrogens (tertiary/aromatic N) is 2. The summed E-state index contributed by atoms with van der Waals surface area (Å²) in [6.07, 6.45) is 3.13. The molecule has 2 rings (SSSR count). The van der Waals surface area contributed by atoms with Crippen molar-refractivity contribution in [2.45, 2.75) is 45.2 Å². The fraction of sp³-hybridized carbons (Fsp3) is 0.438. The fourth-order valence-electron chi connectivity index (χ4n) is 2.36. The van der Waals surface area contributed by atoms with Crippen molar-refractivity contribution >= 4 is 0 Å². The van der Waals surface area contributed by atoms with Crippen LogP contribution in [0, 0.1) is 5.82 Å². The maximum atomic E-state index is 14.0. The van der Waals surface area contributed by atoms with Crippen molar-refractivity contribution in [2.75, 3.05) is 0 Å². The second-order valence-corrected chi connectivity index (χ2v) is 5.55. The van der Waals surface area contributed by atoms with E-state index in [1.54, 1.807) is 12.1 Å². The summed E-state index contributed by atoms with van der Waals surface area (Å²) in [7, 11) is 0. The van der Waals surface area contributed by atoms with Gasteiger partial charge < -0.3 is 5.73 Å². The molecular weight excluding hydrogens is 253 g/mol. The third-order valence-electron chi connectivity index (χ3n) is 3.73. The lowest BCUT2D eigenvalue weighted by molar-refractivity contribution is 0.395. The Morgan fingerprint density at radius 1 is 1.30 bits per heavy atom. The van der Waals surface area contributed by atoms with Crippen LogP contribution in [0.25, 0.3) is 0 Å². The minimum absolute atomic E-state index is 0.250. The summed E-state index contributed by atoms with van der Waals surface area (Å²) < 4.78 is 15.9. The van der Waals surface area contributed by atoms with E-state index in [1.807, 2.05) is 29.9 Å². The molecule has 1 atom stereocenters.